The number of nitrogens with two attached hydrogens (primary N) is 1. The number of aliphatic carboxylic acids is 1. The zero-order valence-electron chi connectivity index (χ0n) is 15.5. The maximum atomic E-state index is 11.3. The van der Waals surface area contributed by atoms with Gasteiger partial charge in [-0.3, -0.25) is 9.59 Å². The molecule has 1 amide bonds. The largest absolute Gasteiger partial charge is 0.507 e. The molecule has 0 fully saturated rings. The summed E-state index contributed by atoms with van der Waals surface area (Å²) >= 11 is 0. The summed E-state index contributed by atoms with van der Waals surface area (Å²) in [7, 11) is 0. The molecule has 0 radical (unpaired) electrons. The normalized spacial score (nSPS) is 9.85. The lowest BCUT2D eigenvalue weighted by Gasteiger charge is -2.14. The number of phenols is 1. The molecule has 0 aliphatic heterocycles. The SMILES string of the molecule is CC.Cc1cc(CCC(=O)O)cc(C)c1Oc1ccc(O)c(C(N)=O)c1. The van der Waals surface area contributed by atoms with Crippen LogP contribution in [0.2, 0.25) is 0 Å². The van der Waals surface area contributed by atoms with E-state index in [1.807, 2.05) is 39.8 Å². The van der Waals surface area contributed by atoms with E-state index in [-0.39, 0.29) is 17.7 Å². The first kappa shape index (κ1) is 21.0. The first-order valence-corrected chi connectivity index (χ1v) is 8.40. The number of amides is 1. The standard InChI is InChI=1S/C18H19NO5.C2H6/c1-10-7-12(3-6-16(21)22)8-11(2)17(10)24-13-4-5-15(20)14(9-13)18(19)23;1-2/h4-5,7-9,20H,3,6H2,1-2H3,(H2,19,23)(H,21,22);1-2H3. The second kappa shape index (κ2) is 9.46. The maximum Gasteiger partial charge on any atom is 0.303 e. The third-order valence-electron chi connectivity index (χ3n) is 3.60. The molecule has 0 saturated carbocycles. The lowest BCUT2D eigenvalue weighted by Crippen LogP contribution is -2.11. The first-order valence-electron chi connectivity index (χ1n) is 8.40. The molecule has 0 atom stereocenters. The van der Waals surface area contributed by atoms with Gasteiger partial charge in [0.1, 0.15) is 17.2 Å². The molecular weight excluding hydrogens is 334 g/mol. The Morgan fingerprint density at radius 3 is 2.15 bits per heavy atom. The topological polar surface area (TPSA) is 110 Å². The van der Waals surface area contributed by atoms with E-state index in [1.165, 1.54) is 12.1 Å². The van der Waals surface area contributed by atoms with Crippen molar-refractivity contribution in [2.45, 2.75) is 40.5 Å². The molecule has 0 aromatic heterocycles. The predicted octanol–water partition coefficient (Wildman–Crippen LogP) is 3.94. The highest BCUT2D eigenvalue weighted by Gasteiger charge is 2.12. The van der Waals surface area contributed by atoms with Crippen molar-refractivity contribution in [2.75, 3.05) is 0 Å². The Kier molecular flexibility index (Phi) is 7.65. The molecule has 6 heteroatoms. The van der Waals surface area contributed by atoms with Crippen molar-refractivity contribution < 1.29 is 24.5 Å². The van der Waals surface area contributed by atoms with Crippen molar-refractivity contribution in [2.24, 2.45) is 5.73 Å². The Labute approximate surface area is 153 Å². The number of hydrogen-bond donors (Lipinski definition) is 3. The van der Waals surface area contributed by atoms with Gasteiger partial charge in [0, 0.05) is 6.42 Å². The minimum absolute atomic E-state index is 0.0131. The maximum absolute atomic E-state index is 11.3. The summed E-state index contributed by atoms with van der Waals surface area (Å²) in [5.41, 5.74) is 7.82. The van der Waals surface area contributed by atoms with Crippen LogP contribution in [-0.4, -0.2) is 22.1 Å². The molecule has 140 valence electrons. The summed E-state index contributed by atoms with van der Waals surface area (Å²) in [6.45, 7) is 7.73. The van der Waals surface area contributed by atoms with Gasteiger partial charge in [-0.2, -0.15) is 0 Å². The highest BCUT2D eigenvalue weighted by atomic mass is 16.5. The third kappa shape index (κ3) is 5.51. The van der Waals surface area contributed by atoms with Crippen LogP contribution in [0.1, 0.15) is 47.3 Å². The number of ether oxygens (including phenoxy) is 1. The second-order valence-corrected chi connectivity index (χ2v) is 5.60. The number of primary amides is 1. The van der Waals surface area contributed by atoms with Crippen molar-refractivity contribution >= 4 is 11.9 Å². The average molecular weight is 359 g/mol. The lowest BCUT2D eigenvalue weighted by atomic mass is 10.0. The monoisotopic (exact) mass is 359 g/mol. The summed E-state index contributed by atoms with van der Waals surface area (Å²) in [6, 6.07) is 8.02. The Bertz CT molecular complexity index is 776. The van der Waals surface area contributed by atoms with Gasteiger partial charge in [0.25, 0.3) is 5.91 Å². The van der Waals surface area contributed by atoms with Crippen LogP contribution in [0.25, 0.3) is 0 Å². The summed E-state index contributed by atoms with van der Waals surface area (Å²) in [5.74, 6) is -0.780. The van der Waals surface area contributed by atoms with Gasteiger partial charge in [0.2, 0.25) is 0 Å². The minimum Gasteiger partial charge on any atom is -0.507 e. The molecule has 26 heavy (non-hydrogen) atoms. The van der Waals surface area contributed by atoms with Gasteiger partial charge in [0.05, 0.1) is 5.56 Å². The molecule has 0 aliphatic rings. The Hall–Kier alpha value is -3.02. The minimum atomic E-state index is -0.839. The van der Waals surface area contributed by atoms with Gasteiger partial charge in [-0.15, -0.1) is 0 Å². The lowest BCUT2D eigenvalue weighted by molar-refractivity contribution is -0.136. The summed E-state index contributed by atoms with van der Waals surface area (Å²) in [4.78, 5) is 22.0. The first-order chi connectivity index (χ1) is 12.3. The fourth-order valence-electron chi connectivity index (χ4n) is 2.49. The van der Waals surface area contributed by atoms with Crippen LogP contribution < -0.4 is 10.5 Å². The summed E-state index contributed by atoms with van der Waals surface area (Å²) in [5, 5.41) is 18.4. The number of hydrogen-bond acceptors (Lipinski definition) is 4. The zero-order chi connectivity index (χ0) is 19.9. The number of carbonyl (C=O) groups is 2. The Morgan fingerprint density at radius 2 is 1.65 bits per heavy atom. The Morgan fingerprint density at radius 1 is 1.08 bits per heavy atom. The van der Waals surface area contributed by atoms with E-state index in [4.69, 9.17) is 15.6 Å². The predicted molar refractivity (Wildman–Crippen MR) is 99.9 cm³/mol. The van der Waals surface area contributed by atoms with Crippen molar-refractivity contribution in [3.8, 4) is 17.2 Å². The number of carboxylic acids is 1. The average Bonchev–Trinajstić information content (AvgIpc) is 2.59. The molecule has 0 bridgehead atoms. The third-order valence-corrected chi connectivity index (χ3v) is 3.60. The van der Waals surface area contributed by atoms with E-state index in [0.29, 0.717) is 17.9 Å². The fraction of sp³-hybridized carbons (Fsp3) is 0.300. The van der Waals surface area contributed by atoms with E-state index >= 15 is 0 Å². The van der Waals surface area contributed by atoms with Crippen molar-refractivity contribution in [1.29, 1.82) is 0 Å². The van der Waals surface area contributed by atoms with Gasteiger partial charge >= 0.3 is 5.97 Å². The number of aryl methyl sites for hydroxylation is 3. The van der Waals surface area contributed by atoms with Crippen molar-refractivity contribution in [1.82, 2.24) is 0 Å². The molecular formula is C20H25NO5. The van der Waals surface area contributed by atoms with Crippen LogP contribution in [0.5, 0.6) is 17.2 Å². The fourth-order valence-corrected chi connectivity index (χ4v) is 2.49. The molecule has 0 saturated heterocycles. The van der Waals surface area contributed by atoms with Gasteiger partial charge < -0.3 is 20.7 Å². The van der Waals surface area contributed by atoms with Gasteiger partial charge in [-0.25, -0.2) is 0 Å². The highest BCUT2D eigenvalue weighted by molar-refractivity contribution is 5.95. The number of carboxylic acid groups (broad SMARTS) is 1. The number of benzene rings is 2. The van der Waals surface area contributed by atoms with Crippen molar-refractivity contribution in [3.63, 3.8) is 0 Å². The van der Waals surface area contributed by atoms with Gasteiger partial charge in [-0.1, -0.05) is 26.0 Å². The molecule has 4 N–H and O–H groups in total. The Balaban J connectivity index is 0.00000163. The van der Waals surface area contributed by atoms with Crippen LogP contribution in [0, 0.1) is 13.8 Å². The quantitative estimate of drug-likeness (QED) is 0.723. The molecule has 0 unspecified atom stereocenters. The molecule has 2 aromatic rings. The molecule has 0 heterocycles. The van der Waals surface area contributed by atoms with E-state index < -0.39 is 11.9 Å². The van der Waals surface area contributed by atoms with Crippen LogP contribution in [0.3, 0.4) is 0 Å². The summed E-state index contributed by atoms with van der Waals surface area (Å²) in [6.07, 6.45) is 0.515. The van der Waals surface area contributed by atoms with Crippen LogP contribution in [0.4, 0.5) is 0 Å². The molecule has 2 rings (SSSR count). The van der Waals surface area contributed by atoms with Crippen LogP contribution >= 0.6 is 0 Å². The van der Waals surface area contributed by atoms with Crippen LogP contribution in [0.15, 0.2) is 30.3 Å². The number of rotatable bonds is 6. The van der Waals surface area contributed by atoms with Crippen molar-refractivity contribution in [3.05, 3.63) is 52.6 Å². The highest BCUT2D eigenvalue weighted by Crippen LogP contribution is 2.32. The molecule has 2 aromatic carbocycles. The van der Waals surface area contributed by atoms with E-state index in [1.54, 1.807) is 6.07 Å². The molecule has 0 spiro atoms. The second-order valence-electron chi connectivity index (χ2n) is 5.60. The van der Waals surface area contributed by atoms with E-state index in [9.17, 15) is 14.7 Å². The number of carbonyl (C=O) groups excluding carboxylic acids is 1. The smallest absolute Gasteiger partial charge is 0.303 e. The van der Waals surface area contributed by atoms with E-state index in [2.05, 4.69) is 0 Å². The van der Waals surface area contributed by atoms with Gasteiger partial charge in [0.15, 0.2) is 0 Å². The zero-order valence-corrected chi connectivity index (χ0v) is 15.5. The molecule has 6 nitrogen and oxygen atoms in total. The van der Waals surface area contributed by atoms with E-state index in [0.717, 1.165) is 16.7 Å². The molecule has 0 aliphatic carbocycles. The number of aromatic hydroxyl groups is 1. The van der Waals surface area contributed by atoms with Gasteiger partial charge in [-0.05, 0) is 55.2 Å². The summed E-state index contributed by atoms with van der Waals surface area (Å²) < 4.78 is 5.83. The van der Waals surface area contributed by atoms with Crippen LogP contribution in [-0.2, 0) is 11.2 Å².